The molecule has 0 aliphatic heterocycles. The molecule has 0 radical (unpaired) electrons. The molecule has 0 amide bonds. The van der Waals surface area contributed by atoms with E-state index < -0.39 is 0 Å². The van der Waals surface area contributed by atoms with Crippen LogP contribution in [0.4, 0.5) is 0 Å². The fourth-order valence-corrected chi connectivity index (χ4v) is 0.780. The molecule has 0 atom stereocenters. The van der Waals surface area contributed by atoms with Crippen molar-refractivity contribution >= 4 is 19.8 Å². The molecule has 0 aliphatic carbocycles. The van der Waals surface area contributed by atoms with Crippen molar-refractivity contribution in [1.29, 1.82) is 0 Å². The number of hydrogen-bond donors (Lipinski definition) is 0. The first-order valence-corrected chi connectivity index (χ1v) is 13.0. The van der Waals surface area contributed by atoms with Gasteiger partial charge in [0.25, 0.3) is 0 Å². The summed E-state index contributed by atoms with van der Waals surface area (Å²) in [4.78, 5) is 0. The van der Waals surface area contributed by atoms with E-state index in [-0.39, 0.29) is 0 Å². The minimum atomic E-state index is 1.11. The van der Waals surface area contributed by atoms with Crippen LogP contribution in [-0.4, -0.2) is 0 Å². The zero-order valence-electron chi connectivity index (χ0n) is 7.03. The topological polar surface area (TPSA) is 0 Å². The van der Waals surface area contributed by atoms with Crippen molar-refractivity contribution < 1.29 is 14.8 Å². The summed E-state index contributed by atoms with van der Waals surface area (Å²) >= 11 is 3.62. The van der Waals surface area contributed by atoms with Crippen LogP contribution in [0.1, 0.15) is 45.4 Å². The molecule has 0 N–H and O–H groups in total. The normalized spacial score (nSPS) is 8.50. The summed E-state index contributed by atoms with van der Waals surface area (Å²) in [6, 6.07) is 0. The maximum atomic E-state index is 3.78. The number of unbranched alkanes of at least 4 members (excludes halogenated alkanes) is 5. The summed E-state index contributed by atoms with van der Waals surface area (Å²) in [5.41, 5.74) is 0. The molecule has 10 heavy (non-hydrogen) atoms. The summed E-state index contributed by atoms with van der Waals surface area (Å²) in [6.45, 7) is 6.02. The van der Waals surface area contributed by atoms with E-state index in [1.54, 1.807) is 0 Å². The third-order valence-corrected chi connectivity index (χ3v) is 1.35. The van der Waals surface area contributed by atoms with Crippen molar-refractivity contribution in [3.05, 3.63) is 6.92 Å². The van der Waals surface area contributed by atoms with Crippen molar-refractivity contribution in [2.45, 2.75) is 45.4 Å². The van der Waals surface area contributed by atoms with Gasteiger partial charge in [-0.15, -0.1) is 0 Å². The van der Waals surface area contributed by atoms with Gasteiger partial charge in [0.05, 0.1) is 0 Å². The van der Waals surface area contributed by atoms with Gasteiger partial charge in [-0.05, 0) is 0 Å². The molecule has 0 aromatic rings. The van der Waals surface area contributed by atoms with E-state index >= 15 is 0 Å². The second kappa shape index (κ2) is 16.8. The van der Waals surface area contributed by atoms with E-state index in [9.17, 15) is 0 Å². The van der Waals surface area contributed by atoms with Gasteiger partial charge in [-0.2, -0.15) is 6.42 Å². The Bertz CT molecular complexity index is 34.2. The van der Waals surface area contributed by atoms with E-state index in [0.717, 1.165) is 6.42 Å². The Balaban J connectivity index is 0. The van der Waals surface area contributed by atoms with E-state index in [0.29, 0.717) is 0 Å². The molecule has 58 valence electrons. The van der Waals surface area contributed by atoms with Gasteiger partial charge in [0, 0.05) is 0 Å². The van der Waals surface area contributed by atoms with Crippen LogP contribution >= 0.6 is 19.8 Å². The molecule has 0 bridgehead atoms. The maximum absolute atomic E-state index is 3.78. The average molecular weight is 306 g/mol. The molecule has 0 fully saturated rings. The minimum absolute atomic E-state index is 1.11. The Morgan fingerprint density at radius 3 is 2.00 bits per heavy atom. The third-order valence-electron chi connectivity index (χ3n) is 1.35. The molecule has 0 saturated heterocycles. The fraction of sp³-hybridized carbons (Fsp3) is 0.875. The molecular weight excluding hydrogens is 288 g/mol. The van der Waals surface area contributed by atoms with Gasteiger partial charge < -0.3 is 6.92 Å². The van der Waals surface area contributed by atoms with Crippen LogP contribution in [0.15, 0.2) is 0 Å². The zero-order chi connectivity index (χ0) is 8.24. The quantitative estimate of drug-likeness (QED) is 0.311. The van der Waals surface area contributed by atoms with Gasteiger partial charge in [0.2, 0.25) is 0 Å². The summed E-state index contributed by atoms with van der Waals surface area (Å²) in [7, 11) is 0. The van der Waals surface area contributed by atoms with E-state index in [1.165, 1.54) is 46.9 Å². The third kappa shape index (κ3) is 16.2. The van der Waals surface area contributed by atoms with Crippen molar-refractivity contribution in [3.63, 3.8) is 0 Å². The van der Waals surface area contributed by atoms with Crippen LogP contribution in [0.3, 0.4) is 0 Å². The molecule has 0 unspecified atom stereocenters. The molecule has 0 aromatic carbocycles. The number of rotatable bonds is 5. The van der Waals surface area contributed by atoms with Crippen molar-refractivity contribution in [1.82, 2.24) is 0 Å². The molecule has 0 aromatic heterocycles. The summed E-state index contributed by atoms with van der Waals surface area (Å²) in [5, 5.41) is 0. The average Bonchev–Trinajstić information content (AvgIpc) is 2.02. The number of hydrogen-bond acceptors (Lipinski definition) is 0. The van der Waals surface area contributed by atoms with Crippen LogP contribution in [0.2, 0.25) is 0 Å². The first-order valence-electron chi connectivity index (χ1n) is 3.97. The molecular formula is C8H17IZn. The van der Waals surface area contributed by atoms with Crippen LogP contribution in [0, 0.1) is 6.92 Å². The Morgan fingerprint density at radius 1 is 1.10 bits per heavy atom. The van der Waals surface area contributed by atoms with Gasteiger partial charge in [0.1, 0.15) is 0 Å². The van der Waals surface area contributed by atoms with E-state index in [1.807, 2.05) is 0 Å². The van der Waals surface area contributed by atoms with Gasteiger partial charge in [-0.1, -0.05) is 39.0 Å². The van der Waals surface area contributed by atoms with Crippen molar-refractivity contribution in [2.24, 2.45) is 0 Å². The van der Waals surface area contributed by atoms with Crippen molar-refractivity contribution in [2.75, 3.05) is 0 Å². The molecule has 2 heteroatoms. The van der Waals surface area contributed by atoms with Crippen LogP contribution in [0.25, 0.3) is 0 Å². The van der Waals surface area contributed by atoms with Gasteiger partial charge >= 0.3 is 34.5 Å². The standard InChI is InChI=1S/C8H17.HI.Zn/c1-3-5-7-8-6-4-2;;/h1,3-8H2,2H3;1H;/q-1;;+2/p-1. The second-order valence-corrected chi connectivity index (χ2v) is 2.27. The molecule has 0 spiro atoms. The van der Waals surface area contributed by atoms with E-state index in [4.69, 9.17) is 0 Å². The predicted octanol–water partition coefficient (Wildman–Crippen LogP) is 4.06. The molecule has 0 saturated carbocycles. The summed E-state index contributed by atoms with van der Waals surface area (Å²) < 4.78 is 0. The zero-order valence-corrected chi connectivity index (χ0v) is 12.2. The van der Waals surface area contributed by atoms with Crippen LogP contribution in [-0.2, 0) is 14.8 Å². The van der Waals surface area contributed by atoms with Crippen LogP contribution < -0.4 is 0 Å². The monoisotopic (exact) mass is 304 g/mol. The van der Waals surface area contributed by atoms with Crippen LogP contribution in [0.5, 0.6) is 0 Å². The first-order chi connectivity index (χ1) is 4.91. The van der Waals surface area contributed by atoms with Crippen molar-refractivity contribution in [3.8, 4) is 0 Å². The predicted molar refractivity (Wildman–Crippen MR) is 52.8 cm³/mol. The van der Waals surface area contributed by atoms with Gasteiger partial charge in [-0.25, -0.2) is 0 Å². The SMILES string of the molecule is [CH2-]CCCCCCC.[Zn+][I]. The second-order valence-electron chi connectivity index (χ2n) is 2.27. The molecule has 0 aliphatic rings. The Kier molecular flexibility index (Phi) is 23.3. The van der Waals surface area contributed by atoms with Gasteiger partial charge in [-0.3, -0.25) is 0 Å². The molecule has 0 rings (SSSR count). The van der Waals surface area contributed by atoms with E-state index in [2.05, 4.69) is 33.6 Å². The fourth-order valence-electron chi connectivity index (χ4n) is 0.780. The Labute approximate surface area is 86.4 Å². The Morgan fingerprint density at radius 2 is 1.60 bits per heavy atom. The summed E-state index contributed by atoms with van der Waals surface area (Å²) in [5.74, 6) is 0. The molecule has 0 nitrogen and oxygen atoms in total. The number of halogens is 1. The molecule has 0 heterocycles. The van der Waals surface area contributed by atoms with Gasteiger partial charge in [0.15, 0.2) is 0 Å². The Hall–Kier alpha value is 1.35. The summed E-state index contributed by atoms with van der Waals surface area (Å²) in [6.07, 6.45) is 7.98. The first kappa shape index (κ1) is 13.9.